The Kier molecular flexibility index (Phi) is 3.85. The number of halogens is 2. The number of aromatic nitrogens is 2. The van der Waals surface area contributed by atoms with Gasteiger partial charge >= 0.3 is 6.09 Å². The van der Waals surface area contributed by atoms with E-state index >= 15 is 0 Å². The van der Waals surface area contributed by atoms with E-state index in [0.717, 1.165) is 0 Å². The summed E-state index contributed by atoms with van der Waals surface area (Å²) in [5.74, 6) is 0.128. The van der Waals surface area contributed by atoms with Gasteiger partial charge in [-0.05, 0) is 41.5 Å². The van der Waals surface area contributed by atoms with Gasteiger partial charge in [0.05, 0.1) is 18.0 Å². The monoisotopic (exact) mass is 355 g/mol. The van der Waals surface area contributed by atoms with Crippen molar-refractivity contribution in [3.8, 4) is 22.5 Å². The molecule has 0 spiro atoms. The molecule has 4 rings (SSSR count). The summed E-state index contributed by atoms with van der Waals surface area (Å²) in [6.07, 6.45) is 3.42. The number of imidazole rings is 1. The molecule has 6 nitrogen and oxygen atoms in total. The standard InChI is InChI=1S/C18H11F2N3O3/c19-13-4-1-3-12(17(13)14-5-2-8-25-14)11-6-7-16-21-15(10-23(16)9-11)22-18(24)26-20/h1-10H,(H,22,24). The molecular weight excluding hydrogens is 344 g/mol. The third kappa shape index (κ3) is 2.77. The van der Waals surface area contributed by atoms with E-state index in [1.165, 1.54) is 18.5 Å². The number of amides is 1. The van der Waals surface area contributed by atoms with Crippen molar-refractivity contribution in [2.45, 2.75) is 0 Å². The number of carbonyl (C=O) groups is 1. The Balaban J connectivity index is 1.80. The Bertz CT molecular complexity index is 1090. The molecule has 0 bridgehead atoms. The van der Waals surface area contributed by atoms with Crippen LogP contribution in [-0.4, -0.2) is 15.5 Å². The first kappa shape index (κ1) is 15.8. The second-order valence-electron chi connectivity index (χ2n) is 5.44. The molecule has 1 aromatic carbocycles. The molecule has 1 N–H and O–H groups in total. The summed E-state index contributed by atoms with van der Waals surface area (Å²) in [6.45, 7) is 0. The number of rotatable bonds is 3. The van der Waals surface area contributed by atoms with Crippen LogP contribution in [0.5, 0.6) is 0 Å². The maximum atomic E-state index is 14.4. The molecule has 1 amide bonds. The highest BCUT2D eigenvalue weighted by Crippen LogP contribution is 2.34. The molecule has 0 saturated heterocycles. The van der Waals surface area contributed by atoms with Gasteiger partial charge in [-0.15, -0.1) is 0 Å². The molecule has 8 heteroatoms. The highest BCUT2D eigenvalue weighted by Gasteiger charge is 2.15. The summed E-state index contributed by atoms with van der Waals surface area (Å²) in [4.78, 5) is 18.1. The van der Waals surface area contributed by atoms with Crippen molar-refractivity contribution in [1.29, 1.82) is 0 Å². The minimum absolute atomic E-state index is 0.121. The molecular formula is C18H11F2N3O3. The van der Waals surface area contributed by atoms with Crippen molar-refractivity contribution in [3.05, 3.63) is 66.9 Å². The molecule has 0 aliphatic carbocycles. The van der Waals surface area contributed by atoms with Crippen molar-refractivity contribution < 1.29 is 23.1 Å². The van der Waals surface area contributed by atoms with Crippen LogP contribution in [0.25, 0.3) is 28.1 Å². The molecule has 130 valence electrons. The fourth-order valence-corrected chi connectivity index (χ4v) is 2.77. The van der Waals surface area contributed by atoms with Crippen LogP contribution in [0.1, 0.15) is 0 Å². The lowest BCUT2D eigenvalue weighted by atomic mass is 9.99. The summed E-state index contributed by atoms with van der Waals surface area (Å²) >= 11 is 0. The van der Waals surface area contributed by atoms with Gasteiger partial charge in [-0.1, -0.05) is 12.1 Å². The fraction of sp³-hybridized carbons (Fsp3) is 0. The van der Waals surface area contributed by atoms with E-state index < -0.39 is 11.9 Å². The summed E-state index contributed by atoms with van der Waals surface area (Å²) in [7, 11) is 0. The Morgan fingerprint density at radius 2 is 2.04 bits per heavy atom. The Morgan fingerprint density at radius 3 is 2.81 bits per heavy atom. The largest absolute Gasteiger partial charge is 0.464 e. The normalized spacial score (nSPS) is 10.8. The number of nitrogens with zero attached hydrogens (tertiary/aromatic N) is 2. The third-order valence-corrected chi connectivity index (χ3v) is 3.84. The Labute approximate surface area is 145 Å². The number of pyridine rings is 1. The molecule has 4 aromatic rings. The number of hydrogen-bond acceptors (Lipinski definition) is 4. The van der Waals surface area contributed by atoms with E-state index in [-0.39, 0.29) is 5.82 Å². The minimum atomic E-state index is -1.26. The number of carbonyl (C=O) groups excluding carboxylic acids is 1. The van der Waals surface area contributed by atoms with E-state index in [9.17, 15) is 13.7 Å². The van der Waals surface area contributed by atoms with E-state index in [4.69, 9.17) is 4.42 Å². The SMILES string of the molecule is O=C(Nc1cn2cc(-c3cccc(F)c3-c3ccco3)ccc2n1)OF. The number of furan rings is 1. The number of fused-ring (bicyclic) bond motifs is 1. The summed E-state index contributed by atoms with van der Waals surface area (Å²) in [5.41, 5.74) is 2.20. The number of hydrogen-bond donors (Lipinski definition) is 1. The van der Waals surface area contributed by atoms with Crippen LogP contribution in [0.3, 0.4) is 0 Å². The molecule has 0 aliphatic heterocycles. The van der Waals surface area contributed by atoms with Crippen molar-refractivity contribution >= 4 is 17.6 Å². The van der Waals surface area contributed by atoms with Gasteiger partial charge in [0.2, 0.25) is 0 Å². The lowest BCUT2D eigenvalue weighted by Crippen LogP contribution is -2.09. The summed E-state index contributed by atoms with van der Waals surface area (Å²) < 4.78 is 33.2. The zero-order chi connectivity index (χ0) is 18.1. The fourth-order valence-electron chi connectivity index (χ4n) is 2.77. The predicted octanol–water partition coefficient (Wildman–Crippen LogP) is 4.83. The van der Waals surface area contributed by atoms with Crippen LogP contribution in [0.2, 0.25) is 0 Å². The van der Waals surface area contributed by atoms with Gasteiger partial charge in [0, 0.05) is 10.7 Å². The van der Waals surface area contributed by atoms with Gasteiger partial charge in [-0.2, -0.15) is 0 Å². The quantitative estimate of drug-likeness (QED) is 0.571. The van der Waals surface area contributed by atoms with Gasteiger partial charge < -0.3 is 8.82 Å². The molecule has 0 aliphatic rings. The molecule has 0 saturated carbocycles. The van der Waals surface area contributed by atoms with Crippen molar-refractivity contribution in [2.24, 2.45) is 0 Å². The van der Waals surface area contributed by atoms with Crippen LogP contribution < -0.4 is 5.32 Å². The Hall–Kier alpha value is -3.68. The second-order valence-corrected chi connectivity index (χ2v) is 5.44. The van der Waals surface area contributed by atoms with Crippen molar-refractivity contribution in [2.75, 3.05) is 5.32 Å². The maximum Gasteiger partial charge on any atom is 0.450 e. The van der Waals surface area contributed by atoms with E-state index in [2.05, 4.69) is 15.2 Å². The first-order chi connectivity index (χ1) is 12.7. The van der Waals surface area contributed by atoms with Crippen molar-refractivity contribution in [1.82, 2.24) is 9.38 Å². The predicted molar refractivity (Wildman–Crippen MR) is 89.5 cm³/mol. The third-order valence-electron chi connectivity index (χ3n) is 3.84. The average molecular weight is 355 g/mol. The lowest BCUT2D eigenvalue weighted by molar-refractivity contribution is -0.0544. The van der Waals surface area contributed by atoms with Gasteiger partial charge in [0.1, 0.15) is 17.2 Å². The lowest BCUT2D eigenvalue weighted by Gasteiger charge is -2.09. The van der Waals surface area contributed by atoms with E-state index in [0.29, 0.717) is 28.1 Å². The highest BCUT2D eigenvalue weighted by atomic mass is 19.3. The van der Waals surface area contributed by atoms with Crippen LogP contribution in [0.15, 0.2) is 65.5 Å². The Morgan fingerprint density at radius 1 is 1.15 bits per heavy atom. The number of anilines is 1. The van der Waals surface area contributed by atoms with Crippen LogP contribution in [0.4, 0.5) is 19.5 Å². The summed E-state index contributed by atoms with van der Waals surface area (Å²) in [5, 5.41) is 2.14. The van der Waals surface area contributed by atoms with Gasteiger partial charge in [-0.25, -0.2) is 19.1 Å². The zero-order valence-electron chi connectivity index (χ0n) is 13.1. The van der Waals surface area contributed by atoms with Gasteiger partial charge in [0.25, 0.3) is 0 Å². The first-order valence-electron chi connectivity index (χ1n) is 7.57. The highest BCUT2D eigenvalue weighted by molar-refractivity contribution is 5.84. The van der Waals surface area contributed by atoms with Crippen LogP contribution >= 0.6 is 0 Å². The number of benzene rings is 1. The molecule has 0 atom stereocenters. The van der Waals surface area contributed by atoms with E-state index in [1.807, 2.05) is 0 Å². The molecule has 3 heterocycles. The van der Waals surface area contributed by atoms with Crippen molar-refractivity contribution in [3.63, 3.8) is 0 Å². The van der Waals surface area contributed by atoms with Gasteiger partial charge in [-0.3, -0.25) is 5.32 Å². The van der Waals surface area contributed by atoms with E-state index in [1.54, 1.807) is 47.0 Å². The summed E-state index contributed by atoms with van der Waals surface area (Å²) in [6, 6.07) is 11.6. The maximum absolute atomic E-state index is 14.4. The minimum Gasteiger partial charge on any atom is -0.464 e. The molecule has 0 radical (unpaired) electrons. The second kappa shape index (κ2) is 6.32. The van der Waals surface area contributed by atoms with Gasteiger partial charge in [0.15, 0.2) is 5.82 Å². The first-order valence-corrected chi connectivity index (χ1v) is 7.57. The molecule has 26 heavy (non-hydrogen) atoms. The molecule has 0 unspecified atom stereocenters. The van der Waals surface area contributed by atoms with Crippen LogP contribution in [0, 0.1) is 5.82 Å². The smallest absolute Gasteiger partial charge is 0.450 e. The molecule has 0 fully saturated rings. The topological polar surface area (TPSA) is 68.8 Å². The number of nitrogens with one attached hydrogen (secondary N) is 1. The van der Waals surface area contributed by atoms with Crippen LogP contribution in [-0.2, 0) is 4.94 Å². The zero-order valence-corrected chi connectivity index (χ0v) is 13.1. The average Bonchev–Trinajstić information content (AvgIpc) is 3.29. The molecule has 3 aromatic heterocycles.